The van der Waals surface area contributed by atoms with Gasteiger partial charge in [0.25, 0.3) is 5.91 Å². The van der Waals surface area contributed by atoms with Gasteiger partial charge in [0.05, 0.1) is 5.97 Å². The number of carboxylic acids is 1. The van der Waals surface area contributed by atoms with Crippen molar-refractivity contribution in [2.75, 3.05) is 5.75 Å². The number of nitrogens with one attached hydrogen (secondary N) is 2. The molecule has 19 heavy (non-hydrogen) atoms. The fourth-order valence-electron chi connectivity index (χ4n) is 1.66. The van der Waals surface area contributed by atoms with E-state index in [1.165, 1.54) is 17.8 Å². The second kappa shape index (κ2) is 4.93. The molecule has 2 N–H and O–H groups in total. The van der Waals surface area contributed by atoms with E-state index in [4.69, 9.17) is 0 Å². The van der Waals surface area contributed by atoms with E-state index < -0.39 is 23.4 Å². The average molecular weight is 279 g/mol. The Labute approximate surface area is 113 Å². The number of carbonyl (C=O) groups is 3. The van der Waals surface area contributed by atoms with E-state index in [0.29, 0.717) is 4.90 Å². The third-order valence-corrected chi connectivity index (χ3v) is 4.13. The summed E-state index contributed by atoms with van der Waals surface area (Å²) in [5.74, 6) is -1.46. The Hall–Kier alpha value is -2.02. The molecule has 100 valence electrons. The highest BCUT2D eigenvalue weighted by Gasteiger charge is 2.41. The molecule has 1 fully saturated rings. The van der Waals surface area contributed by atoms with Crippen LogP contribution in [0.1, 0.15) is 17.3 Å². The predicted molar refractivity (Wildman–Crippen MR) is 66.6 cm³/mol. The minimum atomic E-state index is -1.27. The van der Waals surface area contributed by atoms with Crippen LogP contribution in [-0.4, -0.2) is 29.2 Å². The smallest absolute Gasteiger partial charge is 0.322 e. The molecular formula is C12H11N2O4S-. The van der Waals surface area contributed by atoms with E-state index in [0.717, 1.165) is 0 Å². The lowest BCUT2D eigenvalue weighted by Gasteiger charge is -2.20. The summed E-state index contributed by atoms with van der Waals surface area (Å²) in [4.78, 5) is 34.1. The maximum atomic E-state index is 11.6. The number of imide groups is 1. The summed E-state index contributed by atoms with van der Waals surface area (Å²) >= 11 is 1.18. The van der Waals surface area contributed by atoms with E-state index in [1.807, 2.05) is 0 Å². The van der Waals surface area contributed by atoms with Gasteiger partial charge < -0.3 is 15.2 Å². The zero-order valence-corrected chi connectivity index (χ0v) is 10.9. The van der Waals surface area contributed by atoms with Crippen molar-refractivity contribution in [1.29, 1.82) is 0 Å². The maximum absolute atomic E-state index is 11.6. The predicted octanol–water partition coefficient (Wildman–Crippen LogP) is -0.260. The summed E-state index contributed by atoms with van der Waals surface area (Å²) in [7, 11) is 0. The lowest BCUT2D eigenvalue weighted by molar-refractivity contribution is -0.255. The van der Waals surface area contributed by atoms with E-state index in [2.05, 4.69) is 10.6 Å². The van der Waals surface area contributed by atoms with Crippen molar-refractivity contribution in [2.45, 2.75) is 17.4 Å². The number of carbonyl (C=O) groups excluding carboxylic acids is 3. The number of carboxylic acid groups (broad SMARTS) is 1. The second-order valence-electron chi connectivity index (χ2n) is 4.31. The van der Waals surface area contributed by atoms with Crippen LogP contribution in [0.4, 0.5) is 4.79 Å². The van der Waals surface area contributed by atoms with Crippen LogP contribution in [-0.2, 0) is 4.79 Å². The molecule has 0 radical (unpaired) electrons. The van der Waals surface area contributed by atoms with Crippen molar-refractivity contribution < 1.29 is 19.5 Å². The summed E-state index contributed by atoms with van der Waals surface area (Å²) in [5.41, 5.74) is -0.971. The molecule has 0 aliphatic carbocycles. The molecular weight excluding hydrogens is 268 g/mol. The number of thioether (sulfide) groups is 1. The van der Waals surface area contributed by atoms with Crippen LogP contribution in [0.5, 0.6) is 0 Å². The first-order valence-corrected chi connectivity index (χ1v) is 6.48. The van der Waals surface area contributed by atoms with Gasteiger partial charge in [0.2, 0.25) is 0 Å². The monoisotopic (exact) mass is 279 g/mol. The fraction of sp³-hybridized carbons (Fsp3) is 0.250. The molecule has 7 heteroatoms. The highest BCUT2D eigenvalue weighted by atomic mass is 32.2. The van der Waals surface area contributed by atoms with E-state index in [9.17, 15) is 19.5 Å². The van der Waals surface area contributed by atoms with Crippen LogP contribution in [0.3, 0.4) is 0 Å². The number of rotatable bonds is 4. The summed E-state index contributed by atoms with van der Waals surface area (Å²) < 4.78 is 0. The van der Waals surface area contributed by atoms with Gasteiger partial charge in [-0.25, -0.2) is 4.79 Å². The number of benzene rings is 1. The van der Waals surface area contributed by atoms with Gasteiger partial charge in [-0.2, -0.15) is 0 Å². The fourth-order valence-corrected chi connectivity index (χ4v) is 2.79. The average Bonchev–Trinajstić information content (AvgIpc) is 2.61. The van der Waals surface area contributed by atoms with Crippen molar-refractivity contribution in [3.8, 4) is 0 Å². The minimum Gasteiger partial charge on any atom is -0.545 e. The summed E-state index contributed by atoms with van der Waals surface area (Å²) in [6, 6.07) is 5.83. The van der Waals surface area contributed by atoms with Crippen LogP contribution < -0.4 is 15.7 Å². The standard InChI is InChI=1S/C12H12N2O4S/c1-12(10(17)13-11(18)14-12)6-19-8-5-3-2-4-7(8)9(15)16/h2-5H,6H2,1H3,(H,15,16)(H2,13,14,17,18)/p-1/t12-/m1/s1. The molecule has 3 amide bonds. The Morgan fingerprint density at radius 2 is 2.05 bits per heavy atom. The summed E-state index contributed by atoms with van der Waals surface area (Å²) in [6.07, 6.45) is 0. The molecule has 1 saturated heterocycles. The van der Waals surface area contributed by atoms with Crippen molar-refractivity contribution in [3.05, 3.63) is 29.8 Å². The first kappa shape index (κ1) is 13.4. The zero-order valence-electron chi connectivity index (χ0n) is 10.1. The molecule has 1 aromatic rings. The van der Waals surface area contributed by atoms with Gasteiger partial charge >= 0.3 is 6.03 Å². The first-order chi connectivity index (χ1) is 8.92. The lowest BCUT2D eigenvalue weighted by atomic mass is 10.1. The molecule has 0 spiro atoms. The van der Waals surface area contributed by atoms with Crippen LogP contribution in [0.2, 0.25) is 0 Å². The minimum absolute atomic E-state index is 0.0702. The third-order valence-electron chi connectivity index (χ3n) is 2.74. The van der Waals surface area contributed by atoms with Gasteiger partial charge in [-0.3, -0.25) is 10.1 Å². The molecule has 6 nitrogen and oxygen atoms in total. The number of urea groups is 1. The SMILES string of the molecule is C[C@]1(CSc2ccccc2C(=O)[O-])NC(=O)NC1=O. The highest BCUT2D eigenvalue weighted by molar-refractivity contribution is 7.99. The molecule has 1 heterocycles. The molecule has 0 saturated carbocycles. The Bertz CT molecular complexity index is 560. The number of hydrogen-bond donors (Lipinski definition) is 2. The van der Waals surface area contributed by atoms with Crippen molar-refractivity contribution in [2.24, 2.45) is 0 Å². The number of hydrogen-bond acceptors (Lipinski definition) is 5. The maximum Gasteiger partial charge on any atom is 0.322 e. The summed E-state index contributed by atoms with van der Waals surface area (Å²) in [6.45, 7) is 1.59. The molecule has 1 atom stereocenters. The molecule has 0 aromatic heterocycles. The van der Waals surface area contributed by atoms with Gasteiger partial charge in [0.15, 0.2) is 0 Å². The molecule has 0 unspecified atom stereocenters. The van der Waals surface area contributed by atoms with Crippen molar-refractivity contribution in [3.63, 3.8) is 0 Å². The highest BCUT2D eigenvalue weighted by Crippen LogP contribution is 2.27. The molecule has 2 rings (SSSR count). The normalized spacial score (nSPS) is 21.9. The Morgan fingerprint density at radius 1 is 1.37 bits per heavy atom. The van der Waals surface area contributed by atoms with Gasteiger partial charge in [-0.05, 0) is 13.0 Å². The van der Waals surface area contributed by atoms with Gasteiger partial charge in [0.1, 0.15) is 5.54 Å². The number of aromatic carboxylic acids is 1. The molecule has 1 aliphatic rings. The molecule has 1 aliphatic heterocycles. The third kappa shape index (κ3) is 2.70. The van der Waals surface area contributed by atoms with Crippen LogP contribution in [0.15, 0.2) is 29.2 Å². The van der Waals surface area contributed by atoms with E-state index >= 15 is 0 Å². The van der Waals surface area contributed by atoms with Crippen LogP contribution in [0, 0.1) is 0 Å². The first-order valence-electron chi connectivity index (χ1n) is 5.49. The van der Waals surface area contributed by atoms with Crippen LogP contribution >= 0.6 is 11.8 Å². The molecule has 1 aromatic carbocycles. The second-order valence-corrected chi connectivity index (χ2v) is 5.33. The van der Waals surface area contributed by atoms with Crippen LogP contribution in [0.25, 0.3) is 0 Å². The molecule has 0 bridgehead atoms. The summed E-state index contributed by atoms with van der Waals surface area (Å²) in [5, 5.41) is 15.6. The largest absolute Gasteiger partial charge is 0.545 e. The quantitative estimate of drug-likeness (QED) is 0.584. The van der Waals surface area contributed by atoms with Gasteiger partial charge in [-0.15, -0.1) is 11.8 Å². The van der Waals surface area contributed by atoms with Crippen molar-refractivity contribution in [1.82, 2.24) is 10.6 Å². The van der Waals surface area contributed by atoms with Crippen molar-refractivity contribution >= 4 is 29.7 Å². The van der Waals surface area contributed by atoms with E-state index in [1.54, 1.807) is 25.1 Å². The number of amides is 3. The topological polar surface area (TPSA) is 98.3 Å². The van der Waals surface area contributed by atoms with Gasteiger partial charge in [-0.1, -0.05) is 18.2 Å². The zero-order chi connectivity index (χ0) is 14.0. The van der Waals surface area contributed by atoms with E-state index in [-0.39, 0.29) is 11.3 Å². The Kier molecular flexibility index (Phi) is 3.48. The Morgan fingerprint density at radius 3 is 2.63 bits per heavy atom. The van der Waals surface area contributed by atoms with Gasteiger partial charge in [0, 0.05) is 16.2 Å². The lowest BCUT2D eigenvalue weighted by Crippen LogP contribution is -2.46. The Balaban J connectivity index is 2.13.